The van der Waals surface area contributed by atoms with E-state index < -0.39 is 24.5 Å². The Kier molecular flexibility index (Phi) is 5.21. The van der Waals surface area contributed by atoms with Crippen LogP contribution in [-0.2, 0) is 14.4 Å². The third kappa shape index (κ3) is 4.05. The first-order valence-corrected chi connectivity index (χ1v) is 8.49. The minimum absolute atomic E-state index is 0.103. The van der Waals surface area contributed by atoms with Gasteiger partial charge in [-0.3, -0.25) is 24.0 Å². The van der Waals surface area contributed by atoms with E-state index in [-0.39, 0.29) is 36.0 Å². The van der Waals surface area contributed by atoms with Gasteiger partial charge in [0.2, 0.25) is 17.7 Å². The van der Waals surface area contributed by atoms with Crippen LogP contribution in [0.25, 0.3) is 0 Å². The lowest BCUT2D eigenvalue weighted by atomic mass is 10.1. The number of amides is 3. The molecule has 1 fully saturated rings. The molecule has 1 aliphatic heterocycles. The second kappa shape index (κ2) is 7.45. The van der Waals surface area contributed by atoms with Crippen molar-refractivity contribution in [2.75, 3.05) is 10.2 Å². The zero-order valence-corrected chi connectivity index (χ0v) is 14.9. The van der Waals surface area contributed by atoms with E-state index in [0.717, 1.165) is 11.1 Å². The predicted octanol–water partition coefficient (Wildman–Crippen LogP) is 2.98. The van der Waals surface area contributed by atoms with Crippen LogP contribution < -0.4 is 10.2 Å². The molecule has 2 heterocycles. The van der Waals surface area contributed by atoms with Gasteiger partial charge < -0.3 is 5.32 Å². The fourth-order valence-corrected chi connectivity index (χ4v) is 2.95. The Hall–Kier alpha value is -3.17. The summed E-state index contributed by atoms with van der Waals surface area (Å²) in [5, 5.41) is 6.02. The lowest BCUT2D eigenvalue weighted by Gasteiger charge is -2.21. The highest BCUT2D eigenvalue weighted by Crippen LogP contribution is 2.33. The average molecular weight is 394 g/mol. The molecule has 10 heteroatoms. The summed E-state index contributed by atoms with van der Waals surface area (Å²) in [7, 11) is 0. The number of nitrogens with zero attached hydrogens (tertiary/aromatic N) is 3. The van der Waals surface area contributed by atoms with Crippen LogP contribution in [0.15, 0.2) is 36.7 Å². The third-order valence-electron chi connectivity index (χ3n) is 4.41. The summed E-state index contributed by atoms with van der Waals surface area (Å²) in [4.78, 5) is 37.0. The van der Waals surface area contributed by atoms with Crippen LogP contribution in [0.2, 0.25) is 0 Å². The minimum Gasteiger partial charge on any atom is -0.326 e. The van der Waals surface area contributed by atoms with Crippen LogP contribution in [0.5, 0.6) is 0 Å². The lowest BCUT2D eigenvalue weighted by Crippen LogP contribution is -2.31. The number of hydrogen-bond donors (Lipinski definition) is 1. The maximum atomic E-state index is 13.3. The molecule has 0 bridgehead atoms. The molecule has 1 atom stereocenters. The molecule has 1 aliphatic rings. The molecule has 1 unspecified atom stereocenters. The standard InChI is InChI=1S/C18H17F3N4O3/c1-11-3-4-12(25-16(27)5-6-17(25)28)9-13(11)23-15(26)10-14(18(19,20)21)24-8-2-7-22-24/h2-4,7-9,14H,5-6,10H2,1H3,(H,23,26). The molecule has 1 aromatic heterocycles. The van der Waals surface area contributed by atoms with Gasteiger partial charge in [-0.05, 0) is 30.7 Å². The van der Waals surface area contributed by atoms with E-state index in [2.05, 4.69) is 10.4 Å². The highest BCUT2D eigenvalue weighted by molar-refractivity contribution is 6.20. The van der Waals surface area contributed by atoms with Crippen LogP contribution in [0.3, 0.4) is 0 Å². The molecular formula is C18H17F3N4O3. The smallest absolute Gasteiger partial charge is 0.326 e. The van der Waals surface area contributed by atoms with Crippen LogP contribution in [-0.4, -0.2) is 33.7 Å². The van der Waals surface area contributed by atoms with E-state index in [1.54, 1.807) is 19.1 Å². The number of anilines is 2. The maximum Gasteiger partial charge on any atom is 0.411 e. The number of hydrogen-bond acceptors (Lipinski definition) is 4. The lowest BCUT2D eigenvalue weighted by molar-refractivity contribution is -0.174. The monoisotopic (exact) mass is 394 g/mol. The van der Waals surface area contributed by atoms with Gasteiger partial charge >= 0.3 is 6.18 Å². The van der Waals surface area contributed by atoms with Gasteiger partial charge in [0.1, 0.15) is 0 Å². The molecule has 1 saturated heterocycles. The van der Waals surface area contributed by atoms with E-state index >= 15 is 0 Å². The summed E-state index contributed by atoms with van der Waals surface area (Å²) < 4.78 is 40.6. The number of aryl methyl sites for hydroxylation is 1. The third-order valence-corrected chi connectivity index (χ3v) is 4.41. The van der Waals surface area contributed by atoms with Gasteiger partial charge in [-0.15, -0.1) is 0 Å². The summed E-state index contributed by atoms with van der Waals surface area (Å²) in [6.07, 6.45) is -2.97. The van der Waals surface area contributed by atoms with Crippen molar-refractivity contribution >= 4 is 29.1 Å². The molecule has 1 aromatic carbocycles. The number of imide groups is 1. The summed E-state index contributed by atoms with van der Waals surface area (Å²) in [6.45, 7) is 1.65. The topological polar surface area (TPSA) is 84.3 Å². The molecule has 1 N–H and O–H groups in total. The number of nitrogens with one attached hydrogen (secondary N) is 1. The number of carbonyl (C=O) groups excluding carboxylic acids is 3. The molecule has 3 amide bonds. The van der Waals surface area contributed by atoms with E-state index in [1.165, 1.54) is 18.3 Å². The fourth-order valence-electron chi connectivity index (χ4n) is 2.95. The normalized spacial score (nSPS) is 15.8. The van der Waals surface area contributed by atoms with Crippen molar-refractivity contribution in [1.29, 1.82) is 0 Å². The first kappa shape index (κ1) is 19.6. The second-order valence-corrected chi connectivity index (χ2v) is 6.42. The number of benzene rings is 1. The van der Waals surface area contributed by atoms with Gasteiger partial charge in [-0.25, -0.2) is 0 Å². The zero-order valence-electron chi connectivity index (χ0n) is 14.9. The summed E-state index contributed by atoms with van der Waals surface area (Å²) in [5.41, 5.74) is 1.09. The van der Waals surface area contributed by atoms with Crippen LogP contribution >= 0.6 is 0 Å². The highest BCUT2D eigenvalue weighted by Gasteiger charge is 2.42. The molecule has 148 valence electrons. The molecule has 0 saturated carbocycles. The number of carbonyl (C=O) groups is 3. The Labute approximate surface area is 158 Å². The van der Waals surface area contributed by atoms with Crippen LogP contribution in [0, 0.1) is 6.92 Å². The molecule has 0 aliphatic carbocycles. The highest BCUT2D eigenvalue weighted by atomic mass is 19.4. The van der Waals surface area contributed by atoms with Crippen molar-refractivity contribution in [3.05, 3.63) is 42.2 Å². The Morgan fingerprint density at radius 3 is 2.50 bits per heavy atom. The minimum atomic E-state index is -4.66. The van der Waals surface area contributed by atoms with Gasteiger partial charge in [-0.1, -0.05) is 6.07 Å². The molecule has 0 spiro atoms. The van der Waals surface area contributed by atoms with Crippen LogP contribution in [0.1, 0.15) is 30.9 Å². The van der Waals surface area contributed by atoms with E-state index in [9.17, 15) is 27.6 Å². The SMILES string of the molecule is Cc1ccc(N2C(=O)CCC2=O)cc1NC(=O)CC(n1cccn1)C(F)(F)F. The molecule has 7 nitrogen and oxygen atoms in total. The Balaban J connectivity index is 1.79. The van der Waals surface area contributed by atoms with Gasteiger partial charge in [0.15, 0.2) is 6.04 Å². The van der Waals surface area contributed by atoms with Gasteiger partial charge in [0.25, 0.3) is 0 Å². The van der Waals surface area contributed by atoms with Crippen molar-refractivity contribution in [2.45, 2.75) is 38.4 Å². The zero-order chi connectivity index (χ0) is 20.5. The largest absolute Gasteiger partial charge is 0.411 e. The van der Waals surface area contributed by atoms with Crippen molar-refractivity contribution < 1.29 is 27.6 Å². The molecule has 2 aromatic rings. The molecule has 28 heavy (non-hydrogen) atoms. The summed E-state index contributed by atoms with van der Waals surface area (Å²) in [5.74, 6) is -1.58. The van der Waals surface area contributed by atoms with Gasteiger partial charge in [0.05, 0.1) is 12.1 Å². The second-order valence-electron chi connectivity index (χ2n) is 6.42. The quantitative estimate of drug-likeness (QED) is 0.791. The summed E-state index contributed by atoms with van der Waals surface area (Å²) in [6, 6.07) is 3.78. The number of alkyl halides is 3. The first-order valence-electron chi connectivity index (χ1n) is 8.49. The average Bonchev–Trinajstić information content (AvgIpc) is 3.24. The van der Waals surface area contributed by atoms with E-state index in [0.29, 0.717) is 10.2 Å². The van der Waals surface area contributed by atoms with E-state index in [1.807, 2.05) is 0 Å². The number of halogens is 3. The number of aromatic nitrogens is 2. The molecule has 0 radical (unpaired) electrons. The Morgan fingerprint density at radius 1 is 1.25 bits per heavy atom. The van der Waals surface area contributed by atoms with Gasteiger partial charge in [0, 0.05) is 30.9 Å². The Morgan fingerprint density at radius 2 is 1.93 bits per heavy atom. The first-order chi connectivity index (χ1) is 13.2. The predicted molar refractivity (Wildman–Crippen MR) is 93.5 cm³/mol. The van der Waals surface area contributed by atoms with Crippen LogP contribution in [0.4, 0.5) is 24.5 Å². The number of rotatable bonds is 5. The molecular weight excluding hydrogens is 377 g/mol. The van der Waals surface area contributed by atoms with E-state index in [4.69, 9.17) is 0 Å². The van der Waals surface area contributed by atoms with Crippen molar-refractivity contribution in [2.24, 2.45) is 0 Å². The van der Waals surface area contributed by atoms with Crippen molar-refractivity contribution in [1.82, 2.24) is 9.78 Å². The maximum absolute atomic E-state index is 13.3. The fraction of sp³-hybridized carbons (Fsp3) is 0.333. The van der Waals surface area contributed by atoms with Crippen molar-refractivity contribution in [3.8, 4) is 0 Å². The van der Waals surface area contributed by atoms with Crippen molar-refractivity contribution in [3.63, 3.8) is 0 Å². The Bertz CT molecular complexity index is 893. The van der Waals surface area contributed by atoms with Gasteiger partial charge in [-0.2, -0.15) is 18.3 Å². The summed E-state index contributed by atoms with van der Waals surface area (Å²) >= 11 is 0. The molecule has 3 rings (SSSR count).